The molecular weight excluding hydrogens is 228 g/mol. The van der Waals surface area contributed by atoms with Gasteiger partial charge in [0.15, 0.2) is 0 Å². The van der Waals surface area contributed by atoms with Gasteiger partial charge in [0, 0.05) is 0 Å². The van der Waals surface area contributed by atoms with Gasteiger partial charge in [0.05, 0.1) is 24.8 Å². The molecule has 0 radical (unpaired) electrons. The molecule has 0 aromatic carbocycles. The van der Waals surface area contributed by atoms with Crippen molar-refractivity contribution in [3.05, 3.63) is 0 Å². The van der Waals surface area contributed by atoms with E-state index in [9.17, 15) is 4.79 Å². The van der Waals surface area contributed by atoms with E-state index in [1.807, 2.05) is 6.26 Å². The third-order valence-electron chi connectivity index (χ3n) is 2.64. The van der Waals surface area contributed by atoms with Crippen LogP contribution >= 0.6 is 11.8 Å². The summed E-state index contributed by atoms with van der Waals surface area (Å²) in [5, 5.41) is 20.9. The molecule has 0 rings (SSSR count). The number of carbonyl (C=O) groups is 1. The van der Waals surface area contributed by atoms with Crippen LogP contribution in [0.15, 0.2) is 0 Å². The fourth-order valence-electron chi connectivity index (χ4n) is 1.17. The molecule has 0 aliphatic heterocycles. The van der Waals surface area contributed by atoms with Gasteiger partial charge in [-0.2, -0.15) is 11.8 Å². The van der Waals surface area contributed by atoms with Crippen molar-refractivity contribution in [1.29, 1.82) is 0 Å². The van der Waals surface area contributed by atoms with Crippen LogP contribution in [0.2, 0.25) is 0 Å². The highest BCUT2D eigenvalue weighted by atomic mass is 32.2. The van der Waals surface area contributed by atoms with Gasteiger partial charge in [-0.1, -0.05) is 6.92 Å². The summed E-state index contributed by atoms with van der Waals surface area (Å²) in [6, 6.07) is -0.587. The number of hydrogen-bond acceptors (Lipinski definition) is 5. The highest BCUT2D eigenvalue weighted by Gasteiger charge is 2.30. The molecule has 1 amide bonds. The van der Waals surface area contributed by atoms with Crippen LogP contribution in [0.25, 0.3) is 0 Å². The molecule has 0 saturated carbocycles. The van der Waals surface area contributed by atoms with E-state index in [1.54, 1.807) is 18.7 Å². The summed E-state index contributed by atoms with van der Waals surface area (Å²) in [6.45, 7) is 1.21. The van der Waals surface area contributed by atoms with Crippen molar-refractivity contribution in [2.24, 2.45) is 5.73 Å². The van der Waals surface area contributed by atoms with Crippen molar-refractivity contribution in [3.8, 4) is 0 Å². The molecule has 0 unspecified atom stereocenters. The minimum atomic E-state index is -0.950. The van der Waals surface area contributed by atoms with Crippen molar-refractivity contribution in [3.63, 3.8) is 0 Å². The van der Waals surface area contributed by atoms with Crippen LogP contribution in [0.1, 0.15) is 19.8 Å². The number of carbonyl (C=O) groups excluding carboxylic acids is 1. The monoisotopic (exact) mass is 250 g/mol. The van der Waals surface area contributed by atoms with Crippen molar-refractivity contribution in [1.82, 2.24) is 5.32 Å². The lowest BCUT2D eigenvalue weighted by atomic mass is 9.97. The zero-order valence-electron chi connectivity index (χ0n) is 9.90. The molecule has 0 aromatic rings. The van der Waals surface area contributed by atoms with E-state index in [2.05, 4.69) is 5.32 Å². The van der Waals surface area contributed by atoms with Gasteiger partial charge in [0.2, 0.25) is 5.91 Å². The van der Waals surface area contributed by atoms with Gasteiger partial charge in [0.25, 0.3) is 0 Å². The molecule has 16 heavy (non-hydrogen) atoms. The molecule has 0 bridgehead atoms. The normalized spacial score (nSPS) is 13.6. The number of nitrogens with two attached hydrogens (primary N) is 1. The van der Waals surface area contributed by atoms with Gasteiger partial charge in [-0.15, -0.1) is 0 Å². The maximum absolute atomic E-state index is 11.7. The lowest BCUT2D eigenvalue weighted by Crippen LogP contribution is -2.57. The summed E-state index contributed by atoms with van der Waals surface area (Å²) in [6.07, 6.45) is 2.99. The first kappa shape index (κ1) is 15.7. The Hall–Kier alpha value is -0.300. The number of aliphatic hydroxyl groups is 2. The Morgan fingerprint density at radius 2 is 2.06 bits per heavy atom. The molecule has 0 aliphatic rings. The predicted molar refractivity (Wildman–Crippen MR) is 66.3 cm³/mol. The third kappa shape index (κ3) is 4.69. The number of rotatable bonds is 8. The second-order valence-corrected chi connectivity index (χ2v) is 4.81. The molecule has 6 heteroatoms. The average molecular weight is 250 g/mol. The van der Waals surface area contributed by atoms with Gasteiger partial charge in [-0.3, -0.25) is 4.79 Å². The Kier molecular flexibility index (Phi) is 7.74. The molecule has 0 heterocycles. The molecule has 0 aromatic heterocycles. The first-order valence-electron chi connectivity index (χ1n) is 5.33. The van der Waals surface area contributed by atoms with Gasteiger partial charge in [-0.25, -0.2) is 0 Å². The molecule has 0 fully saturated rings. The smallest absolute Gasteiger partial charge is 0.237 e. The summed E-state index contributed by atoms with van der Waals surface area (Å²) in [5.41, 5.74) is 4.74. The lowest BCUT2D eigenvalue weighted by Gasteiger charge is -2.30. The van der Waals surface area contributed by atoms with Crippen LogP contribution < -0.4 is 11.1 Å². The Bertz CT molecular complexity index is 202. The quantitative estimate of drug-likeness (QED) is 0.458. The second kappa shape index (κ2) is 7.89. The maximum Gasteiger partial charge on any atom is 0.237 e. The van der Waals surface area contributed by atoms with Crippen LogP contribution in [0, 0.1) is 0 Å². The van der Waals surface area contributed by atoms with E-state index in [4.69, 9.17) is 15.9 Å². The predicted octanol–water partition coefficient (Wildman–Crippen LogP) is -0.684. The minimum absolute atomic E-state index is 0.291. The number of thioether (sulfide) groups is 1. The third-order valence-corrected chi connectivity index (χ3v) is 3.28. The molecule has 5 nitrogen and oxygen atoms in total. The summed E-state index contributed by atoms with van der Waals surface area (Å²) < 4.78 is 0. The number of aliphatic hydroxyl groups excluding tert-OH is 2. The van der Waals surface area contributed by atoms with E-state index in [-0.39, 0.29) is 19.1 Å². The molecule has 0 spiro atoms. The van der Waals surface area contributed by atoms with Crippen LogP contribution in [-0.2, 0) is 4.79 Å². The van der Waals surface area contributed by atoms with Crippen LogP contribution in [0.5, 0.6) is 0 Å². The minimum Gasteiger partial charge on any atom is -0.394 e. The number of amides is 1. The maximum atomic E-state index is 11.7. The van der Waals surface area contributed by atoms with Crippen molar-refractivity contribution in [2.45, 2.75) is 31.3 Å². The highest BCUT2D eigenvalue weighted by Crippen LogP contribution is 2.09. The van der Waals surface area contributed by atoms with Gasteiger partial charge in [-0.05, 0) is 24.9 Å². The highest BCUT2D eigenvalue weighted by molar-refractivity contribution is 7.98. The Morgan fingerprint density at radius 1 is 1.50 bits per heavy atom. The van der Waals surface area contributed by atoms with Gasteiger partial charge < -0.3 is 21.3 Å². The average Bonchev–Trinajstić information content (AvgIpc) is 2.32. The lowest BCUT2D eigenvalue weighted by molar-refractivity contribution is -0.125. The fraction of sp³-hybridized carbons (Fsp3) is 0.900. The molecule has 96 valence electrons. The Morgan fingerprint density at radius 3 is 2.44 bits per heavy atom. The SMILES string of the molecule is CCC(CO)(CO)NC(=O)[C@H](N)CCSC. The standard InChI is InChI=1S/C10H22N2O3S/c1-3-10(6-13,7-14)12-9(15)8(11)4-5-16-2/h8,13-14H,3-7,11H2,1-2H3,(H,12,15)/t8-/m1/s1. The molecule has 0 aliphatic carbocycles. The first-order valence-corrected chi connectivity index (χ1v) is 6.73. The van der Waals surface area contributed by atoms with E-state index in [1.165, 1.54) is 0 Å². The molecule has 1 atom stereocenters. The zero-order chi connectivity index (χ0) is 12.6. The van der Waals surface area contributed by atoms with E-state index >= 15 is 0 Å². The van der Waals surface area contributed by atoms with Gasteiger partial charge >= 0.3 is 0 Å². The van der Waals surface area contributed by atoms with Crippen molar-refractivity contribution < 1.29 is 15.0 Å². The molecule has 0 saturated heterocycles. The van der Waals surface area contributed by atoms with Crippen LogP contribution in [-0.4, -0.2) is 52.9 Å². The first-order chi connectivity index (χ1) is 7.55. The molecular formula is C10H22N2O3S. The summed E-state index contributed by atoms with van der Waals surface area (Å²) in [4.78, 5) is 11.7. The summed E-state index contributed by atoms with van der Waals surface area (Å²) in [7, 11) is 0. The van der Waals surface area contributed by atoms with E-state index in [0.29, 0.717) is 12.8 Å². The Balaban J connectivity index is 4.28. The van der Waals surface area contributed by atoms with E-state index in [0.717, 1.165) is 5.75 Å². The largest absolute Gasteiger partial charge is 0.394 e. The summed E-state index contributed by atoms with van der Waals surface area (Å²) in [5.74, 6) is 0.491. The Labute approximate surface area is 101 Å². The topological polar surface area (TPSA) is 95.6 Å². The fourth-order valence-corrected chi connectivity index (χ4v) is 1.66. The van der Waals surface area contributed by atoms with E-state index < -0.39 is 11.6 Å². The van der Waals surface area contributed by atoms with Crippen molar-refractivity contribution >= 4 is 17.7 Å². The zero-order valence-corrected chi connectivity index (χ0v) is 10.7. The van der Waals surface area contributed by atoms with Crippen LogP contribution in [0.3, 0.4) is 0 Å². The number of nitrogens with one attached hydrogen (secondary N) is 1. The number of hydrogen-bond donors (Lipinski definition) is 4. The molecule has 5 N–H and O–H groups in total. The second-order valence-electron chi connectivity index (χ2n) is 3.83. The van der Waals surface area contributed by atoms with Gasteiger partial charge in [0.1, 0.15) is 0 Å². The van der Waals surface area contributed by atoms with Crippen molar-refractivity contribution in [2.75, 3.05) is 25.2 Å². The summed E-state index contributed by atoms with van der Waals surface area (Å²) >= 11 is 1.62. The van der Waals surface area contributed by atoms with Crippen LogP contribution in [0.4, 0.5) is 0 Å².